The lowest BCUT2D eigenvalue weighted by Gasteiger charge is -2.25. The van der Waals surface area contributed by atoms with E-state index >= 15 is 0 Å². The summed E-state index contributed by atoms with van der Waals surface area (Å²) in [7, 11) is 2.03. The van der Waals surface area contributed by atoms with Crippen molar-refractivity contribution in [3.05, 3.63) is 29.6 Å². The number of benzene rings is 1. The molecule has 0 fully saturated rings. The van der Waals surface area contributed by atoms with E-state index in [4.69, 9.17) is 16.3 Å². The molecule has 0 saturated carbocycles. The Morgan fingerprint density at radius 3 is 3.06 bits per heavy atom. The van der Waals surface area contributed by atoms with Crippen molar-refractivity contribution in [3.63, 3.8) is 0 Å². The first kappa shape index (κ1) is 12.7. The first-order chi connectivity index (χ1) is 8.10. The molecule has 1 aromatic carbocycles. The molecule has 4 heteroatoms. The zero-order valence-electron chi connectivity index (χ0n) is 10.1. The highest BCUT2D eigenvalue weighted by Crippen LogP contribution is 2.29. The van der Waals surface area contributed by atoms with Crippen LogP contribution in [0.2, 0.25) is 0 Å². The van der Waals surface area contributed by atoms with Crippen LogP contribution in [0, 0.1) is 5.82 Å². The maximum absolute atomic E-state index is 13.1. The van der Waals surface area contributed by atoms with Crippen LogP contribution >= 0.6 is 11.6 Å². The molecule has 0 amide bonds. The Labute approximate surface area is 106 Å². The van der Waals surface area contributed by atoms with Crippen LogP contribution in [0.25, 0.3) is 0 Å². The van der Waals surface area contributed by atoms with Gasteiger partial charge in [-0.1, -0.05) is 0 Å². The molecular weight excluding hydrogens is 241 g/mol. The van der Waals surface area contributed by atoms with E-state index in [1.165, 1.54) is 6.07 Å². The van der Waals surface area contributed by atoms with Gasteiger partial charge in [0.15, 0.2) is 0 Å². The van der Waals surface area contributed by atoms with Crippen LogP contribution < -0.4 is 4.74 Å². The van der Waals surface area contributed by atoms with E-state index in [1.54, 1.807) is 12.1 Å². The summed E-state index contributed by atoms with van der Waals surface area (Å²) in [6.45, 7) is 2.89. The normalized spacial score (nSPS) is 20.2. The lowest BCUT2D eigenvalue weighted by molar-refractivity contribution is 0.150. The Hall–Kier alpha value is -0.800. The maximum Gasteiger partial charge on any atom is 0.123 e. The maximum atomic E-state index is 13.1. The number of ether oxygens (including phenoxy) is 1. The molecule has 1 aromatic rings. The fourth-order valence-electron chi connectivity index (χ4n) is 2.01. The number of rotatable bonds is 4. The van der Waals surface area contributed by atoms with Crippen LogP contribution in [0.15, 0.2) is 18.2 Å². The largest absolute Gasteiger partial charge is 0.488 e. The SMILES string of the molecule is CC(CCl)N(C)CC1Cc2cc(F)ccc2O1. The van der Waals surface area contributed by atoms with E-state index in [0.29, 0.717) is 11.9 Å². The van der Waals surface area contributed by atoms with Crippen LogP contribution in [0.1, 0.15) is 12.5 Å². The van der Waals surface area contributed by atoms with Gasteiger partial charge in [0, 0.05) is 30.5 Å². The number of hydrogen-bond acceptors (Lipinski definition) is 2. The molecule has 2 atom stereocenters. The molecule has 2 rings (SSSR count). The number of hydrogen-bond donors (Lipinski definition) is 0. The first-order valence-electron chi connectivity index (χ1n) is 5.81. The summed E-state index contributed by atoms with van der Waals surface area (Å²) in [4.78, 5) is 2.17. The third-order valence-electron chi connectivity index (χ3n) is 3.23. The van der Waals surface area contributed by atoms with Gasteiger partial charge in [-0.3, -0.25) is 4.90 Å². The summed E-state index contributed by atoms with van der Waals surface area (Å²) >= 11 is 5.81. The van der Waals surface area contributed by atoms with Gasteiger partial charge in [-0.2, -0.15) is 0 Å². The van der Waals surface area contributed by atoms with Crippen molar-refractivity contribution in [3.8, 4) is 5.75 Å². The smallest absolute Gasteiger partial charge is 0.123 e. The fraction of sp³-hybridized carbons (Fsp3) is 0.538. The summed E-state index contributed by atoms with van der Waals surface area (Å²) in [6.07, 6.45) is 0.870. The summed E-state index contributed by atoms with van der Waals surface area (Å²) in [5.74, 6) is 1.21. The molecular formula is C13H17ClFNO. The highest BCUT2D eigenvalue weighted by Gasteiger charge is 2.25. The zero-order chi connectivity index (χ0) is 12.4. The zero-order valence-corrected chi connectivity index (χ0v) is 10.9. The molecule has 0 saturated heterocycles. The second kappa shape index (κ2) is 5.23. The van der Waals surface area contributed by atoms with Crippen LogP contribution in [0.3, 0.4) is 0 Å². The minimum absolute atomic E-state index is 0.0995. The van der Waals surface area contributed by atoms with E-state index in [-0.39, 0.29) is 11.9 Å². The summed E-state index contributed by atoms with van der Waals surface area (Å²) in [6, 6.07) is 5.02. The molecule has 1 aliphatic heterocycles. The van der Waals surface area contributed by atoms with Crippen molar-refractivity contribution in [2.24, 2.45) is 0 Å². The average molecular weight is 258 g/mol. The molecule has 94 valence electrons. The van der Waals surface area contributed by atoms with E-state index in [1.807, 2.05) is 7.05 Å². The molecule has 0 aromatic heterocycles. The number of nitrogens with zero attached hydrogens (tertiary/aromatic N) is 1. The molecule has 2 nitrogen and oxygen atoms in total. The van der Waals surface area contributed by atoms with Crippen molar-refractivity contribution in [2.75, 3.05) is 19.5 Å². The molecule has 0 N–H and O–H groups in total. The average Bonchev–Trinajstić information content (AvgIpc) is 2.69. The molecule has 1 aliphatic rings. The van der Waals surface area contributed by atoms with E-state index in [2.05, 4.69) is 11.8 Å². The standard InChI is InChI=1S/C13H17ClFNO/c1-9(7-14)16(2)8-12-6-10-5-11(15)3-4-13(10)17-12/h3-5,9,12H,6-8H2,1-2H3. The second-order valence-electron chi connectivity index (χ2n) is 4.64. The minimum atomic E-state index is -0.199. The summed E-state index contributed by atoms with van der Waals surface area (Å²) < 4.78 is 18.8. The third kappa shape index (κ3) is 2.90. The summed E-state index contributed by atoms with van der Waals surface area (Å²) in [5, 5.41) is 0. The van der Waals surface area contributed by atoms with Crippen molar-refractivity contribution < 1.29 is 9.13 Å². The predicted octanol–water partition coefficient (Wildman–Crippen LogP) is 2.69. The van der Waals surface area contributed by atoms with Crippen molar-refractivity contribution >= 4 is 11.6 Å². The molecule has 0 radical (unpaired) electrons. The highest BCUT2D eigenvalue weighted by atomic mass is 35.5. The molecule has 17 heavy (non-hydrogen) atoms. The molecule has 0 spiro atoms. The van der Waals surface area contributed by atoms with Gasteiger partial charge in [0.05, 0.1) is 0 Å². The van der Waals surface area contributed by atoms with Crippen molar-refractivity contribution in [1.82, 2.24) is 4.90 Å². The molecule has 0 bridgehead atoms. The topological polar surface area (TPSA) is 12.5 Å². The lowest BCUT2D eigenvalue weighted by Crippen LogP contribution is -2.38. The molecule has 2 unspecified atom stereocenters. The highest BCUT2D eigenvalue weighted by molar-refractivity contribution is 6.18. The van der Waals surface area contributed by atoms with Gasteiger partial charge in [-0.25, -0.2) is 4.39 Å². The predicted molar refractivity (Wildman–Crippen MR) is 67.3 cm³/mol. The van der Waals surface area contributed by atoms with Crippen LogP contribution in [0.5, 0.6) is 5.75 Å². The van der Waals surface area contributed by atoms with E-state index in [0.717, 1.165) is 24.3 Å². The van der Waals surface area contributed by atoms with Crippen molar-refractivity contribution in [1.29, 1.82) is 0 Å². The Kier molecular flexibility index (Phi) is 3.89. The van der Waals surface area contributed by atoms with Gasteiger partial charge in [0.25, 0.3) is 0 Å². The second-order valence-corrected chi connectivity index (χ2v) is 4.95. The number of halogens is 2. The number of likely N-dealkylation sites (N-methyl/N-ethyl adjacent to an activating group) is 1. The Bertz CT molecular complexity index is 399. The van der Waals surface area contributed by atoms with Gasteiger partial charge < -0.3 is 4.74 Å². The third-order valence-corrected chi connectivity index (χ3v) is 3.68. The van der Waals surface area contributed by atoms with E-state index in [9.17, 15) is 4.39 Å². The van der Waals surface area contributed by atoms with Gasteiger partial charge in [0.2, 0.25) is 0 Å². The number of alkyl halides is 1. The van der Waals surface area contributed by atoms with Gasteiger partial charge in [-0.15, -0.1) is 11.6 Å². The van der Waals surface area contributed by atoms with E-state index < -0.39 is 0 Å². The Balaban J connectivity index is 1.96. The van der Waals surface area contributed by atoms with Crippen LogP contribution in [-0.4, -0.2) is 36.5 Å². The molecule has 0 aliphatic carbocycles. The van der Waals surface area contributed by atoms with Crippen LogP contribution in [0.4, 0.5) is 4.39 Å². The molecule has 1 heterocycles. The van der Waals surface area contributed by atoms with Gasteiger partial charge >= 0.3 is 0 Å². The lowest BCUT2D eigenvalue weighted by atomic mass is 10.1. The first-order valence-corrected chi connectivity index (χ1v) is 6.35. The van der Waals surface area contributed by atoms with Crippen LogP contribution in [-0.2, 0) is 6.42 Å². The van der Waals surface area contributed by atoms with Gasteiger partial charge in [-0.05, 0) is 32.2 Å². The number of fused-ring (bicyclic) bond motifs is 1. The quantitative estimate of drug-likeness (QED) is 0.769. The summed E-state index contributed by atoms with van der Waals surface area (Å²) in [5.41, 5.74) is 0.960. The monoisotopic (exact) mass is 257 g/mol. The Morgan fingerprint density at radius 1 is 1.59 bits per heavy atom. The van der Waals surface area contributed by atoms with Crippen molar-refractivity contribution in [2.45, 2.75) is 25.5 Å². The fourth-order valence-corrected chi connectivity index (χ4v) is 2.25. The Morgan fingerprint density at radius 2 is 2.35 bits per heavy atom. The minimum Gasteiger partial charge on any atom is -0.488 e. The van der Waals surface area contributed by atoms with Gasteiger partial charge in [0.1, 0.15) is 17.7 Å².